The number of para-hydroxylation sites is 1. The summed E-state index contributed by atoms with van der Waals surface area (Å²) >= 11 is 1.58. The predicted molar refractivity (Wildman–Crippen MR) is 134 cm³/mol. The first-order valence-corrected chi connectivity index (χ1v) is 11.5. The van der Waals surface area contributed by atoms with Crippen molar-refractivity contribution in [2.45, 2.75) is 0 Å². The van der Waals surface area contributed by atoms with Crippen molar-refractivity contribution in [2.75, 3.05) is 7.11 Å². The van der Waals surface area contributed by atoms with Gasteiger partial charge in [-0.2, -0.15) is 5.10 Å². The second-order valence-electron chi connectivity index (χ2n) is 7.68. The first-order valence-electron chi connectivity index (χ1n) is 10.6. The summed E-state index contributed by atoms with van der Waals surface area (Å²) in [6.07, 6.45) is 2.05. The van der Waals surface area contributed by atoms with Crippen LogP contribution in [0.4, 0.5) is 0 Å². The zero-order valence-corrected chi connectivity index (χ0v) is 18.7. The minimum absolute atomic E-state index is 0.822. The van der Waals surface area contributed by atoms with Gasteiger partial charge in [0.05, 0.1) is 24.2 Å². The molecule has 33 heavy (non-hydrogen) atoms. The lowest BCUT2D eigenvalue weighted by Crippen LogP contribution is -1.98. The number of thiazole rings is 1. The highest BCUT2D eigenvalue weighted by atomic mass is 32.1. The van der Waals surface area contributed by atoms with E-state index in [2.05, 4.69) is 46.8 Å². The molecule has 0 aliphatic rings. The molecule has 0 amide bonds. The van der Waals surface area contributed by atoms with Crippen LogP contribution in [0.15, 0.2) is 96.5 Å². The molecule has 0 spiro atoms. The molecule has 0 saturated carbocycles. The van der Waals surface area contributed by atoms with Gasteiger partial charge >= 0.3 is 0 Å². The molecule has 3 aromatic heterocycles. The normalized spacial score (nSPS) is 11.2. The summed E-state index contributed by atoms with van der Waals surface area (Å²) in [5.41, 5.74) is 7.14. The SMILES string of the molecule is COc1ccc(-c2csc(-n3nc(-c4ccccc4)cc3-c3c[nH]c4ccccc34)n2)cc1. The molecule has 5 nitrogen and oxygen atoms in total. The number of benzene rings is 3. The fourth-order valence-corrected chi connectivity index (χ4v) is 4.80. The van der Waals surface area contributed by atoms with Gasteiger partial charge in [-0.15, -0.1) is 11.3 Å². The lowest BCUT2D eigenvalue weighted by atomic mass is 10.1. The Morgan fingerprint density at radius 1 is 0.848 bits per heavy atom. The van der Waals surface area contributed by atoms with Crippen molar-refractivity contribution in [3.05, 3.63) is 96.5 Å². The average molecular weight is 449 g/mol. The fraction of sp³-hybridized carbons (Fsp3) is 0.0370. The average Bonchev–Trinajstić information content (AvgIpc) is 3.62. The summed E-state index contributed by atoms with van der Waals surface area (Å²) in [5.74, 6) is 0.829. The van der Waals surface area contributed by atoms with Crippen molar-refractivity contribution in [1.82, 2.24) is 19.7 Å². The highest BCUT2D eigenvalue weighted by molar-refractivity contribution is 7.12. The van der Waals surface area contributed by atoms with Crippen LogP contribution in [0.3, 0.4) is 0 Å². The third-order valence-corrected chi connectivity index (χ3v) is 6.52. The number of hydrogen-bond donors (Lipinski definition) is 1. The Morgan fingerprint density at radius 2 is 1.61 bits per heavy atom. The van der Waals surface area contributed by atoms with Crippen LogP contribution in [0.25, 0.3) is 49.8 Å². The zero-order chi connectivity index (χ0) is 22.2. The Kier molecular flexibility index (Phi) is 4.78. The molecule has 0 saturated heterocycles. The maximum Gasteiger partial charge on any atom is 0.211 e. The van der Waals surface area contributed by atoms with E-state index in [4.69, 9.17) is 14.8 Å². The van der Waals surface area contributed by atoms with Crippen molar-refractivity contribution in [3.8, 4) is 44.7 Å². The summed E-state index contributed by atoms with van der Waals surface area (Å²) < 4.78 is 7.24. The van der Waals surface area contributed by atoms with Gasteiger partial charge in [0.1, 0.15) is 5.75 Å². The standard InChI is InChI=1S/C27H20N4OS/c1-32-20-13-11-19(12-14-20)25-17-33-27(29-25)31-26(15-24(30-31)18-7-3-2-4-8-18)22-16-28-23-10-6-5-9-21(22)23/h2-17,28H,1H3. The van der Waals surface area contributed by atoms with Gasteiger partial charge in [-0.05, 0) is 36.4 Å². The number of fused-ring (bicyclic) bond motifs is 1. The Labute approximate surface area is 194 Å². The van der Waals surface area contributed by atoms with E-state index < -0.39 is 0 Å². The molecule has 0 radical (unpaired) electrons. The van der Waals surface area contributed by atoms with Gasteiger partial charge < -0.3 is 9.72 Å². The van der Waals surface area contributed by atoms with E-state index in [1.54, 1.807) is 18.4 Å². The molecular formula is C27H20N4OS. The number of rotatable bonds is 5. The quantitative estimate of drug-likeness (QED) is 0.315. The zero-order valence-electron chi connectivity index (χ0n) is 17.9. The molecular weight excluding hydrogens is 428 g/mol. The topological polar surface area (TPSA) is 55.7 Å². The van der Waals surface area contributed by atoms with E-state index in [1.165, 1.54) is 0 Å². The summed E-state index contributed by atoms with van der Waals surface area (Å²) in [6, 6.07) is 28.6. The Balaban J connectivity index is 1.50. The number of nitrogens with one attached hydrogen (secondary N) is 1. The summed E-state index contributed by atoms with van der Waals surface area (Å²) in [7, 11) is 1.67. The highest BCUT2D eigenvalue weighted by Crippen LogP contribution is 2.35. The number of hydrogen-bond acceptors (Lipinski definition) is 4. The number of methoxy groups -OCH3 is 1. The minimum atomic E-state index is 0.822. The monoisotopic (exact) mass is 448 g/mol. The molecule has 3 heterocycles. The molecule has 3 aromatic carbocycles. The van der Waals surface area contributed by atoms with Gasteiger partial charge in [0, 0.05) is 39.2 Å². The van der Waals surface area contributed by atoms with E-state index in [0.717, 1.165) is 55.6 Å². The molecule has 6 heteroatoms. The predicted octanol–water partition coefficient (Wildman–Crippen LogP) is 6.82. The molecule has 0 fully saturated rings. The molecule has 1 N–H and O–H groups in total. The lowest BCUT2D eigenvalue weighted by molar-refractivity contribution is 0.415. The molecule has 0 unspecified atom stereocenters. The van der Waals surface area contributed by atoms with Crippen LogP contribution in [-0.2, 0) is 0 Å². The number of ether oxygens (including phenoxy) is 1. The van der Waals surface area contributed by atoms with Gasteiger partial charge in [-0.3, -0.25) is 0 Å². The van der Waals surface area contributed by atoms with Gasteiger partial charge in [-0.25, -0.2) is 9.67 Å². The van der Waals surface area contributed by atoms with Crippen molar-refractivity contribution in [3.63, 3.8) is 0 Å². The molecule has 0 aliphatic heterocycles. The maximum absolute atomic E-state index is 5.28. The van der Waals surface area contributed by atoms with Crippen LogP contribution >= 0.6 is 11.3 Å². The van der Waals surface area contributed by atoms with E-state index in [1.807, 2.05) is 59.4 Å². The molecule has 0 bridgehead atoms. The number of aromatic nitrogens is 4. The third kappa shape index (κ3) is 3.50. The molecule has 0 atom stereocenters. The van der Waals surface area contributed by atoms with E-state index in [0.29, 0.717) is 0 Å². The number of H-pyrrole nitrogens is 1. The van der Waals surface area contributed by atoms with Crippen molar-refractivity contribution in [2.24, 2.45) is 0 Å². The van der Waals surface area contributed by atoms with Gasteiger partial charge in [-0.1, -0.05) is 48.5 Å². The first kappa shape index (κ1) is 19.5. The summed E-state index contributed by atoms with van der Waals surface area (Å²) in [4.78, 5) is 8.32. The van der Waals surface area contributed by atoms with Crippen LogP contribution < -0.4 is 4.74 Å². The Bertz CT molecular complexity index is 1540. The second-order valence-corrected chi connectivity index (χ2v) is 8.52. The Morgan fingerprint density at radius 3 is 2.42 bits per heavy atom. The molecule has 6 aromatic rings. The maximum atomic E-state index is 5.28. The lowest BCUT2D eigenvalue weighted by Gasteiger charge is -2.03. The van der Waals surface area contributed by atoms with E-state index in [9.17, 15) is 0 Å². The van der Waals surface area contributed by atoms with Gasteiger partial charge in [0.25, 0.3) is 0 Å². The van der Waals surface area contributed by atoms with Crippen molar-refractivity contribution < 1.29 is 4.74 Å². The van der Waals surface area contributed by atoms with Crippen LogP contribution in [0.5, 0.6) is 5.75 Å². The largest absolute Gasteiger partial charge is 0.497 e. The first-order chi connectivity index (χ1) is 16.3. The fourth-order valence-electron chi connectivity index (χ4n) is 4.01. The summed E-state index contributed by atoms with van der Waals surface area (Å²) in [6.45, 7) is 0. The van der Waals surface area contributed by atoms with E-state index in [-0.39, 0.29) is 0 Å². The van der Waals surface area contributed by atoms with Gasteiger partial charge in [0.15, 0.2) is 0 Å². The molecule has 160 valence electrons. The van der Waals surface area contributed by atoms with Gasteiger partial charge in [0.2, 0.25) is 5.13 Å². The highest BCUT2D eigenvalue weighted by Gasteiger charge is 2.18. The molecule has 6 rings (SSSR count). The van der Waals surface area contributed by atoms with Crippen molar-refractivity contribution in [1.29, 1.82) is 0 Å². The van der Waals surface area contributed by atoms with Crippen LogP contribution in [0.2, 0.25) is 0 Å². The van der Waals surface area contributed by atoms with Crippen LogP contribution in [0, 0.1) is 0 Å². The van der Waals surface area contributed by atoms with Crippen molar-refractivity contribution >= 4 is 22.2 Å². The third-order valence-electron chi connectivity index (χ3n) is 5.70. The Hall–Kier alpha value is -4.16. The number of aromatic amines is 1. The molecule has 0 aliphatic carbocycles. The van der Waals surface area contributed by atoms with E-state index >= 15 is 0 Å². The summed E-state index contributed by atoms with van der Waals surface area (Å²) in [5, 5.41) is 9.03. The van der Waals surface area contributed by atoms with Crippen LogP contribution in [0.1, 0.15) is 0 Å². The number of nitrogens with zero attached hydrogens (tertiary/aromatic N) is 3. The minimum Gasteiger partial charge on any atom is -0.497 e. The smallest absolute Gasteiger partial charge is 0.211 e. The second kappa shape index (κ2) is 8.07. The van der Waals surface area contributed by atoms with Crippen LogP contribution in [-0.4, -0.2) is 26.9 Å².